The van der Waals surface area contributed by atoms with E-state index in [2.05, 4.69) is 5.32 Å². The maximum absolute atomic E-state index is 12.1. The minimum Gasteiger partial charge on any atom is -0.325 e. The zero-order valence-corrected chi connectivity index (χ0v) is 13.0. The standard InChI is InChI=1S/C16H16ClNOS/c1-11-4-3-5-14(10-11)18-16(19)12(2)20-15-8-6-13(17)7-9-15/h3-10,12H,1-2H3,(H,18,19)/t12-/m1/s1. The maximum atomic E-state index is 12.1. The number of nitrogens with one attached hydrogen (secondary N) is 1. The molecule has 0 aliphatic heterocycles. The van der Waals surface area contributed by atoms with Crippen molar-refractivity contribution < 1.29 is 4.79 Å². The van der Waals surface area contributed by atoms with Gasteiger partial charge in [0.05, 0.1) is 5.25 Å². The van der Waals surface area contributed by atoms with Crippen molar-refractivity contribution in [1.82, 2.24) is 0 Å². The van der Waals surface area contributed by atoms with E-state index < -0.39 is 0 Å². The average molecular weight is 306 g/mol. The molecule has 0 unspecified atom stereocenters. The third-order valence-electron chi connectivity index (χ3n) is 2.78. The first-order valence-electron chi connectivity index (χ1n) is 6.34. The Kier molecular flexibility index (Phi) is 5.10. The van der Waals surface area contributed by atoms with E-state index in [1.165, 1.54) is 11.8 Å². The molecule has 0 spiro atoms. The summed E-state index contributed by atoms with van der Waals surface area (Å²) in [5.74, 6) is -0.00412. The monoisotopic (exact) mass is 305 g/mol. The Balaban J connectivity index is 1.96. The van der Waals surface area contributed by atoms with Crippen LogP contribution in [0.5, 0.6) is 0 Å². The summed E-state index contributed by atoms with van der Waals surface area (Å²) in [7, 11) is 0. The normalized spacial score (nSPS) is 11.9. The lowest BCUT2D eigenvalue weighted by Crippen LogP contribution is -2.22. The number of thioether (sulfide) groups is 1. The Morgan fingerprint density at radius 1 is 1.20 bits per heavy atom. The van der Waals surface area contributed by atoms with Crippen LogP contribution in [0.4, 0.5) is 5.69 Å². The molecule has 2 nitrogen and oxygen atoms in total. The van der Waals surface area contributed by atoms with Gasteiger partial charge in [-0.2, -0.15) is 0 Å². The quantitative estimate of drug-likeness (QED) is 0.825. The highest BCUT2D eigenvalue weighted by atomic mass is 35.5. The minimum atomic E-state index is -0.170. The molecule has 0 aliphatic carbocycles. The second-order valence-electron chi connectivity index (χ2n) is 4.57. The van der Waals surface area contributed by atoms with Crippen LogP contribution in [0.2, 0.25) is 5.02 Å². The van der Waals surface area contributed by atoms with Crippen LogP contribution < -0.4 is 5.32 Å². The Hall–Kier alpha value is -1.45. The molecule has 0 saturated heterocycles. The Morgan fingerprint density at radius 2 is 1.90 bits per heavy atom. The highest BCUT2D eigenvalue weighted by Gasteiger charge is 2.14. The molecule has 0 fully saturated rings. The average Bonchev–Trinajstić information content (AvgIpc) is 2.41. The highest BCUT2D eigenvalue weighted by Crippen LogP contribution is 2.25. The van der Waals surface area contributed by atoms with Crippen molar-refractivity contribution in [2.24, 2.45) is 0 Å². The predicted octanol–water partition coefficient (Wildman–Crippen LogP) is 4.77. The van der Waals surface area contributed by atoms with Crippen LogP contribution in [-0.4, -0.2) is 11.2 Å². The molecule has 0 saturated carbocycles. The van der Waals surface area contributed by atoms with Crippen LogP contribution in [0.25, 0.3) is 0 Å². The van der Waals surface area contributed by atoms with Gasteiger partial charge in [-0.15, -0.1) is 11.8 Å². The zero-order chi connectivity index (χ0) is 14.5. The van der Waals surface area contributed by atoms with Gasteiger partial charge in [0, 0.05) is 15.6 Å². The first-order chi connectivity index (χ1) is 9.54. The fourth-order valence-corrected chi connectivity index (χ4v) is 2.73. The number of rotatable bonds is 4. The van der Waals surface area contributed by atoms with Gasteiger partial charge in [0.25, 0.3) is 0 Å². The molecule has 1 amide bonds. The molecule has 0 aliphatic rings. The fourth-order valence-electron chi connectivity index (χ4n) is 1.74. The van der Waals surface area contributed by atoms with Crippen molar-refractivity contribution in [3.05, 3.63) is 59.1 Å². The van der Waals surface area contributed by atoms with Gasteiger partial charge in [0.2, 0.25) is 5.91 Å². The molecule has 2 rings (SSSR count). The first-order valence-corrected chi connectivity index (χ1v) is 7.60. The Bertz CT molecular complexity index is 598. The lowest BCUT2D eigenvalue weighted by Gasteiger charge is -2.12. The van der Waals surface area contributed by atoms with Crippen LogP contribution in [-0.2, 0) is 4.79 Å². The summed E-state index contributed by atoms with van der Waals surface area (Å²) in [6.45, 7) is 3.89. The van der Waals surface area contributed by atoms with Crippen molar-refractivity contribution in [3.8, 4) is 0 Å². The van der Waals surface area contributed by atoms with Gasteiger partial charge in [-0.05, 0) is 55.8 Å². The van der Waals surface area contributed by atoms with E-state index in [0.717, 1.165) is 16.1 Å². The first kappa shape index (κ1) is 14.9. The molecule has 0 bridgehead atoms. The summed E-state index contributed by atoms with van der Waals surface area (Å²) < 4.78 is 0. The van der Waals surface area contributed by atoms with Gasteiger partial charge in [-0.3, -0.25) is 4.79 Å². The molecule has 0 aromatic heterocycles. The van der Waals surface area contributed by atoms with Crippen molar-refractivity contribution in [1.29, 1.82) is 0 Å². The highest BCUT2D eigenvalue weighted by molar-refractivity contribution is 8.00. The van der Waals surface area contributed by atoms with Crippen LogP contribution in [0.1, 0.15) is 12.5 Å². The molecule has 2 aromatic rings. The van der Waals surface area contributed by atoms with Gasteiger partial charge >= 0.3 is 0 Å². The number of amides is 1. The smallest absolute Gasteiger partial charge is 0.237 e. The molecule has 2 aromatic carbocycles. The Labute approximate surface area is 128 Å². The number of hydrogen-bond acceptors (Lipinski definition) is 2. The number of anilines is 1. The summed E-state index contributed by atoms with van der Waals surface area (Å²) in [4.78, 5) is 13.2. The van der Waals surface area contributed by atoms with Gasteiger partial charge in [-0.25, -0.2) is 0 Å². The number of carbonyl (C=O) groups is 1. The predicted molar refractivity (Wildman–Crippen MR) is 86.6 cm³/mol. The summed E-state index contributed by atoms with van der Waals surface area (Å²) >= 11 is 7.36. The molecule has 1 atom stereocenters. The van der Waals surface area contributed by atoms with Gasteiger partial charge in [0.1, 0.15) is 0 Å². The molecule has 0 radical (unpaired) electrons. The van der Waals surface area contributed by atoms with Crippen molar-refractivity contribution in [3.63, 3.8) is 0 Å². The lowest BCUT2D eigenvalue weighted by atomic mass is 10.2. The fraction of sp³-hybridized carbons (Fsp3) is 0.188. The lowest BCUT2D eigenvalue weighted by molar-refractivity contribution is -0.115. The van der Waals surface area contributed by atoms with Gasteiger partial charge in [0.15, 0.2) is 0 Å². The molecular weight excluding hydrogens is 290 g/mol. The molecule has 20 heavy (non-hydrogen) atoms. The SMILES string of the molecule is Cc1cccc(NC(=O)[C@@H](C)Sc2ccc(Cl)cc2)c1. The molecule has 4 heteroatoms. The number of hydrogen-bond donors (Lipinski definition) is 1. The van der Waals surface area contributed by atoms with Crippen LogP contribution in [0.3, 0.4) is 0 Å². The number of carbonyl (C=O) groups excluding carboxylic acids is 1. The number of halogens is 1. The van der Waals surface area contributed by atoms with Crippen molar-refractivity contribution in [2.75, 3.05) is 5.32 Å². The van der Waals surface area contributed by atoms with Crippen LogP contribution in [0, 0.1) is 6.92 Å². The third kappa shape index (κ3) is 4.29. The van der Waals surface area contributed by atoms with Crippen LogP contribution >= 0.6 is 23.4 Å². The molecular formula is C16H16ClNOS. The van der Waals surface area contributed by atoms with E-state index in [9.17, 15) is 4.79 Å². The van der Waals surface area contributed by atoms with E-state index >= 15 is 0 Å². The number of aryl methyl sites for hydroxylation is 1. The van der Waals surface area contributed by atoms with E-state index in [1.807, 2.05) is 62.4 Å². The van der Waals surface area contributed by atoms with E-state index in [-0.39, 0.29) is 11.2 Å². The minimum absolute atomic E-state index is 0.00412. The van der Waals surface area contributed by atoms with Gasteiger partial charge < -0.3 is 5.32 Å². The van der Waals surface area contributed by atoms with Gasteiger partial charge in [-0.1, -0.05) is 23.7 Å². The Morgan fingerprint density at radius 3 is 2.55 bits per heavy atom. The second kappa shape index (κ2) is 6.82. The number of benzene rings is 2. The third-order valence-corrected chi connectivity index (χ3v) is 4.15. The summed E-state index contributed by atoms with van der Waals surface area (Å²) in [5.41, 5.74) is 1.96. The maximum Gasteiger partial charge on any atom is 0.237 e. The molecule has 104 valence electrons. The van der Waals surface area contributed by atoms with Crippen molar-refractivity contribution in [2.45, 2.75) is 24.0 Å². The topological polar surface area (TPSA) is 29.1 Å². The van der Waals surface area contributed by atoms with E-state index in [0.29, 0.717) is 5.02 Å². The summed E-state index contributed by atoms with van der Waals surface area (Å²) in [6.07, 6.45) is 0. The van der Waals surface area contributed by atoms with Crippen molar-refractivity contribution >= 4 is 35.0 Å². The largest absolute Gasteiger partial charge is 0.325 e. The second-order valence-corrected chi connectivity index (χ2v) is 6.42. The molecule has 0 heterocycles. The van der Waals surface area contributed by atoms with Crippen LogP contribution in [0.15, 0.2) is 53.4 Å². The molecule has 1 N–H and O–H groups in total. The summed E-state index contributed by atoms with van der Waals surface area (Å²) in [5, 5.41) is 3.46. The zero-order valence-electron chi connectivity index (χ0n) is 11.4. The van der Waals surface area contributed by atoms with E-state index in [4.69, 9.17) is 11.6 Å². The summed E-state index contributed by atoms with van der Waals surface area (Å²) in [6, 6.07) is 15.3. The van der Waals surface area contributed by atoms with E-state index in [1.54, 1.807) is 0 Å².